The molecule has 0 saturated heterocycles. The van der Waals surface area contributed by atoms with Crippen LogP contribution in [-0.2, 0) is 7.05 Å². The van der Waals surface area contributed by atoms with Crippen molar-refractivity contribution in [2.24, 2.45) is 7.05 Å². The predicted molar refractivity (Wildman–Crippen MR) is 75.4 cm³/mol. The molecule has 0 aliphatic carbocycles. The number of nitrogens with two attached hydrogens (primary N) is 1. The summed E-state index contributed by atoms with van der Waals surface area (Å²) in [6.45, 7) is 2.47. The van der Waals surface area contributed by atoms with Crippen LogP contribution >= 0.6 is 0 Å². The van der Waals surface area contributed by atoms with Gasteiger partial charge in [0.15, 0.2) is 0 Å². The number of amides is 1. The van der Waals surface area contributed by atoms with E-state index in [4.69, 9.17) is 5.73 Å². The maximum absolute atomic E-state index is 11.8. The lowest BCUT2D eigenvalue weighted by atomic mass is 10.1. The number of nitrogens with one attached hydrogen (secondary N) is 2. The van der Waals surface area contributed by atoms with Crippen molar-refractivity contribution in [1.29, 1.82) is 0 Å². The summed E-state index contributed by atoms with van der Waals surface area (Å²) in [5, 5.41) is 9.96. The molecule has 2 aromatic rings. The zero-order chi connectivity index (χ0) is 13.8. The lowest BCUT2D eigenvalue weighted by molar-refractivity contribution is 0.0956. The standard InChI is InChI=1S/C13H17N5O/c1-3-15-13(19)9-4-5-11(14)12(6-9)17-10-7-16-18(2)8-10/h4-8,17H,3,14H2,1-2H3,(H,15,19). The molecule has 1 aromatic carbocycles. The Balaban J connectivity index is 2.24. The molecule has 1 aromatic heterocycles. The molecule has 2 rings (SSSR count). The smallest absolute Gasteiger partial charge is 0.251 e. The van der Waals surface area contributed by atoms with E-state index in [1.807, 2.05) is 20.2 Å². The number of hydrogen-bond donors (Lipinski definition) is 3. The molecule has 19 heavy (non-hydrogen) atoms. The van der Waals surface area contributed by atoms with Gasteiger partial charge < -0.3 is 16.4 Å². The third-order valence-electron chi connectivity index (χ3n) is 2.64. The molecule has 0 spiro atoms. The van der Waals surface area contributed by atoms with Gasteiger partial charge in [-0.15, -0.1) is 0 Å². The molecule has 0 fully saturated rings. The van der Waals surface area contributed by atoms with Crippen molar-refractivity contribution >= 4 is 23.0 Å². The molecule has 0 aliphatic heterocycles. The number of rotatable bonds is 4. The quantitative estimate of drug-likeness (QED) is 0.726. The zero-order valence-electron chi connectivity index (χ0n) is 11.0. The van der Waals surface area contributed by atoms with Gasteiger partial charge >= 0.3 is 0 Å². The summed E-state index contributed by atoms with van der Waals surface area (Å²) >= 11 is 0. The molecule has 0 bridgehead atoms. The fraction of sp³-hybridized carbons (Fsp3) is 0.231. The third-order valence-corrected chi connectivity index (χ3v) is 2.64. The Hall–Kier alpha value is -2.50. The minimum atomic E-state index is -0.114. The van der Waals surface area contributed by atoms with Crippen LogP contribution in [0.5, 0.6) is 0 Å². The second kappa shape index (κ2) is 5.43. The van der Waals surface area contributed by atoms with Gasteiger partial charge in [0.2, 0.25) is 0 Å². The maximum Gasteiger partial charge on any atom is 0.251 e. The van der Waals surface area contributed by atoms with Gasteiger partial charge in [-0.1, -0.05) is 0 Å². The molecule has 0 radical (unpaired) electrons. The van der Waals surface area contributed by atoms with Crippen LogP contribution < -0.4 is 16.4 Å². The topological polar surface area (TPSA) is 85.0 Å². The highest BCUT2D eigenvalue weighted by molar-refractivity contribution is 5.96. The molecule has 1 amide bonds. The van der Waals surface area contributed by atoms with Gasteiger partial charge in [-0.2, -0.15) is 5.10 Å². The number of carbonyl (C=O) groups excluding carboxylic acids is 1. The molecule has 0 saturated carbocycles. The number of hydrogen-bond acceptors (Lipinski definition) is 4. The van der Waals surface area contributed by atoms with Gasteiger partial charge in [0.1, 0.15) is 0 Å². The molecule has 1 heterocycles. The van der Waals surface area contributed by atoms with Crippen LogP contribution in [0.15, 0.2) is 30.6 Å². The highest BCUT2D eigenvalue weighted by Crippen LogP contribution is 2.24. The van der Waals surface area contributed by atoms with Gasteiger partial charge in [0.05, 0.1) is 23.3 Å². The summed E-state index contributed by atoms with van der Waals surface area (Å²) in [5.41, 5.74) is 8.56. The van der Waals surface area contributed by atoms with E-state index in [0.717, 1.165) is 5.69 Å². The maximum atomic E-state index is 11.8. The van der Waals surface area contributed by atoms with E-state index in [-0.39, 0.29) is 5.91 Å². The van der Waals surface area contributed by atoms with Crippen molar-refractivity contribution < 1.29 is 4.79 Å². The summed E-state index contributed by atoms with van der Waals surface area (Å²) in [6, 6.07) is 5.14. The average Bonchev–Trinajstić information content (AvgIpc) is 2.78. The highest BCUT2D eigenvalue weighted by atomic mass is 16.1. The minimum absolute atomic E-state index is 0.114. The number of aromatic nitrogens is 2. The van der Waals surface area contributed by atoms with E-state index < -0.39 is 0 Å². The first-order chi connectivity index (χ1) is 9.10. The summed E-state index contributed by atoms with van der Waals surface area (Å²) < 4.78 is 1.69. The van der Waals surface area contributed by atoms with Crippen molar-refractivity contribution in [2.75, 3.05) is 17.6 Å². The van der Waals surface area contributed by atoms with Crippen LogP contribution in [0.2, 0.25) is 0 Å². The molecule has 6 heteroatoms. The van der Waals surface area contributed by atoms with E-state index in [2.05, 4.69) is 15.7 Å². The van der Waals surface area contributed by atoms with Gasteiger partial charge in [-0.3, -0.25) is 9.48 Å². The summed E-state index contributed by atoms with van der Waals surface area (Å²) in [5.74, 6) is -0.114. The number of aryl methyl sites for hydroxylation is 1. The number of nitrogens with zero attached hydrogens (tertiary/aromatic N) is 2. The van der Waals surface area contributed by atoms with Crippen LogP contribution in [0.1, 0.15) is 17.3 Å². The largest absolute Gasteiger partial charge is 0.397 e. The van der Waals surface area contributed by atoms with Crippen LogP contribution in [0.25, 0.3) is 0 Å². The Morgan fingerprint density at radius 3 is 2.89 bits per heavy atom. The molecule has 4 N–H and O–H groups in total. The second-order valence-electron chi connectivity index (χ2n) is 4.19. The Morgan fingerprint density at radius 2 is 2.26 bits per heavy atom. The van der Waals surface area contributed by atoms with E-state index in [1.54, 1.807) is 29.1 Å². The Bertz CT molecular complexity index is 590. The fourth-order valence-electron chi connectivity index (χ4n) is 1.71. The monoisotopic (exact) mass is 259 g/mol. The lowest BCUT2D eigenvalue weighted by Gasteiger charge is -2.09. The van der Waals surface area contributed by atoms with Crippen LogP contribution in [0.4, 0.5) is 17.1 Å². The summed E-state index contributed by atoms with van der Waals surface area (Å²) in [7, 11) is 1.83. The number of benzene rings is 1. The van der Waals surface area contributed by atoms with Crippen molar-refractivity contribution in [1.82, 2.24) is 15.1 Å². The Labute approximate surface area is 111 Å². The Kier molecular flexibility index (Phi) is 3.70. The van der Waals surface area contributed by atoms with Crippen LogP contribution in [-0.4, -0.2) is 22.2 Å². The van der Waals surface area contributed by atoms with Crippen LogP contribution in [0.3, 0.4) is 0 Å². The first-order valence-corrected chi connectivity index (χ1v) is 6.03. The van der Waals surface area contributed by atoms with E-state index in [9.17, 15) is 4.79 Å². The van der Waals surface area contributed by atoms with E-state index in [1.165, 1.54) is 0 Å². The molecule has 0 atom stereocenters. The summed E-state index contributed by atoms with van der Waals surface area (Å²) in [6.07, 6.45) is 3.52. The van der Waals surface area contributed by atoms with E-state index >= 15 is 0 Å². The number of nitrogen functional groups attached to an aromatic ring is 1. The van der Waals surface area contributed by atoms with Crippen molar-refractivity contribution in [2.45, 2.75) is 6.92 Å². The predicted octanol–water partition coefficient (Wildman–Crippen LogP) is 1.50. The van der Waals surface area contributed by atoms with Gasteiger partial charge in [-0.05, 0) is 25.1 Å². The molecule has 0 unspecified atom stereocenters. The molecule has 0 aliphatic rings. The number of carbonyl (C=O) groups is 1. The average molecular weight is 259 g/mol. The SMILES string of the molecule is CCNC(=O)c1ccc(N)c(Nc2cnn(C)c2)c1. The number of anilines is 3. The molecule has 100 valence electrons. The van der Waals surface area contributed by atoms with Gasteiger partial charge in [0.25, 0.3) is 5.91 Å². The van der Waals surface area contributed by atoms with Gasteiger partial charge in [0, 0.05) is 25.4 Å². The summed E-state index contributed by atoms with van der Waals surface area (Å²) in [4.78, 5) is 11.8. The van der Waals surface area contributed by atoms with Crippen molar-refractivity contribution in [3.8, 4) is 0 Å². The molecule has 6 nitrogen and oxygen atoms in total. The van der Waals surface area contributed by atoms with Crippen molar-refractivity contribution in [3.63, 3.8) is 0 Å². The lowest BCUT2D eigenvalue weighted by Crippen LogP contribution is -2.22. The first kappa shape index (κ1) is 12.9. The fourth-order valence-corrected chi connectivity index (χ4v) is 1.71. The van der Waals surface area contributed by atoms with E-state index in [0.29, 0.717) is 23.5 Å². The molecular formula is C13H17N5O. The normalized spacial score (nSPS) is 10.2. The molecular weight excluding hydrogens is 242 g/mol. The van der Waals surface area contributed by atoms with Crippen molar-refractivity contribution in [3.05, 3.63) is 36.2 Å². The first-order valence-electron chi connectivity index (χ1n) is 6.03. The third kappa shape index (κ3) is 3.04. The van der Waals surface area contributed by atoms with Crippen LogP contribution in [0, 0.1) is 0 Å². The minimum Gasteiger partial charge on any atom is -0.397 e. The second-order valence-corrected chi connectivity index (χ2v) is 4.19. The van der Waals surface area contributed by atoms with Gasteiger partial charge in [-0.25, -0.2) is 0 Å². The highest BCUT2D eigenvalue weighted by Gasteiger charge is 2.08. The zero-order valence-corrected chi connectivity index (χ0v) is 11.0. The Morgan fingerprint density at radius 1 is 1.47 bits per heavy atom.